The van der Waals surface area contributed by atoms with Crippen molar-refractivity contribution in [2.75, 3.05) is 19.0 Å². The van der Waals surface area contributed by atoms with Gasteiger partial charge < -0.3 is 15.4 Å². The molecule has 1 aromatic carbocycles. The highest BCUT2D eigenvalue weighted by Crippen LogP contribution is 2.17. The standard InChI is InChI=1S/C15H15N5OS/c1-21-13-5-3-2-4-11(13)6-8-17-15(22)19-14-12(10-16)7-9-18-20-14/h2-5,7,9H,6,8H2,1H3,(H2,17,19,20,22). The first-order valence-electron chi connectivity index (χ1n) is 6.63. The predicted molar refractivity (Wildman–Crippen MR) is 87.7 cm³/mol. The highest BCUT2D eigenvalue weighted by atomic mass is 32.1. The third-order valence-electron chi connectivity index (χ3n) is 2.95. The molecule has 0 saturated heterocycles. The zero-order valence-electron chi connectivity index (χ0n) is 12.0. The number of hydrogen-bond acceptors (Lipinski definition) is 5. The first kappa shape index (κ1) is 15.7. The molecular weight excluding hydrogens is 298 g/mol. The molecule has 0 bridgehead atoms. The van der Waals surface area contributed by atoms with Gasteiger partial charge in [0.2, 0.25) is 0 Å². The van der Waals surface area contributed by atoms with Crippen LogP contribution in [0.15, 0.2) is 36.5 Å². The van der Waals surface area contributed by atoms with Crippen LogP contribution in [0.3, 0.4) is 0 Å². The maximum atomic E-state index is 8.98. The number of nitrogens with zero attached hydrogens (tertiary/aromatic N) is 3. The Labute approximate surface area is 134 Å². The number of thiocarbonyl (C=S) groups is 1. The Hall–Kier alpha value is -2.72. The summed E-state index contributed by atoms with van der Waals surface area (Å²) in [5.74, 6) is 1.20. The van der Waals surface area contributed by atoms with E-state index in [9.17, 15) is 0 Å². The van der Waals surface area contributed by atoms with Crippen LogP contribution in [0.2, 0.25) is 0 Å². The second-order valence-corrected chi connectivity index (χ2v) is 4.76. The monoisotopic (exact) mass is 313 g/mol. The molecule has 22 heavy (non-hydrogen) atoms. The minimum Gasteiger partial charge on any atom is -0.496 e. The smallest absolute Gasteiger partial charge is 0.172 e. The summed E-state index contributed by atoms with van der Waals surface area (Å²) in [7, 11) is 1.65. The first-order chi connectivity index (χ1) is 10.7. The maximum absolute atomic E-state index is 8.98. The largest absolute Gasteiger partial charge is 0.496 e. The molecule has 6 nitrogen and oxygen atoms in total. The Morgan fingerprint density at radius 1 is 1.36 bits per heavy atom. The topological polar surface area (TPSA) is 82.9 Å². The number of ether oxygens (including phenoxy) is 1. The van der Waals surface area contributed by atoms with E-state index in [4.69, 9.17) is 22.2 Å². The summed E-state index contributed by atoms with van der Waals surface area (Å²) in [6, 6.07) is 11.4. The lowest BCUT2D eigenvalue weighted by atomic mass is 10.1. The molecule has 7 heteroatoms. The molecule has 1 heterocycles. The highest BCUT2D eigenvalue weighted by molar-refractivity contribution is 7.80. The summed E-state index contributed by atoms with van der Waals surface area (Å²) in [4.78, 5) is 0. The fourth-order valence-corrected chi connectivity index (χ4v) is 2.08. The molecule has 0 amide bonds. The summed E-state index contributed by atoms with van der Waals surface area (Å²) < 4.78 is 5.30. The number of benzene rings is 1. The number of para-hydroxylation sites is 1. The zero-order valence-corrected chi connectivity index (χ0v) is 12.9. The van der Waals surface area contributed by atoms with Crippen molar-refractivity contribution < 1.29 is 4.74 Å². The minimum atomic E-state index is 0.347. The average molecular weight is 313 g/mol. The van der Waals surface area contributed by atoms with Gasteiger partial charge in [-0.15, -0.1) is 5.10 Å². The number of nitrogens with one attached hydrogen (secondary N) is 2. The van der Waals surface area contributed by atoms with Crippen molar-refractivity contribution >= 4 is 23.1 Å². The Morgan fingerprint density at radius 3 is 2.95 bits per heavy atom. The minimum absolute atomic E-state index is 0.347. The fraction of sp³-hybridized carbons (Fsp3) is 0.200. The molecule has 0 radical (unpaired) electrons. The molecule has 0 saturated carbocycles. The van der Waals surface area contributed by atoms with Crippen molar-refractivity contribution in [2.24, 2.45) is 0 Å². The van der Waals surface area contributed by atoms with Gasteiger partial charge in [0, 0.05) is 6.54 Å². The number of aromatic nitrogens is 2. The lowest BCUT2D eigenvalue weighted by Crippen LogP contribution is -2.31. The van der Waals surface area contributed by atoms with E-state index in [0.717, 1.165) is 17.7 Å². The second kappa shape index (κ2) is 7.90. The molecule has 0 aliphatic carbocycles. The van der Waals surface area contributed by atoms with E-state index >= 15 is 0 Å². The Balaban J connectivity index is 1.87. The summed E-state index contributed by atoms with van der Waals surface area (Å²) >= 11 is 5.19. The normalized spacial score (nSPS) is 9.64. The van der Waals surface area contributed by atoms with Crippen LogP contribution in [0, 0.1) is 11.3 Å². The van der Waals surface area contributed by atoms with Crippen molar-refractivity contribution in [1.29, 1.82) is 5.26 Å². The zero-order chi connectivity index (χ0) is 15.8. The van der Waals surface area contributed by atoms with Gasteiger partial charge in [-0.3, -0.25) is 0 Å². The number of methoxy groups -OCH3 is 1. The van der Waals surface area contributed by atoms with Crippen molar-refractivity contribution in [1.82, 2.24) is 15.5 Å². The molecule has 0 fully saturated rings. The van der Waals surface area contributed by atoms with Crippen molar-refractivity contribution in [2.45, 2.75) is 6.42 Å². The Kier molecular flexibility index (Phi) is 5.63. The van der Waals surface area contributed by atoms with E-state index in [0.29, 0.717) is 23.0 Å². The van der Waals surface area contributed by atoms with Gasteiger partial charge in [-0.1, -0.05) is 18.2 Å². The van der Waals surface area contributed by atoms with Gasteiger partial charge in [-0.2, -0.15) is 10.4 Å². The fourth-order valence-electron chi connectivity index (χ4n) is 1.89. The molecular formula is C15H15N5OS. The summed E-state index contributed by atoms with van der Waals surface area (Å²) in [5.41, 5.74) is 1.49. The molecule has 0 spiro atoms. The Morgan fingerprint density at radius 2 is 2.18 bits per heavy atom. The van der Waals surface area contributed by atoms with E-state index in [1.165, 1.54) is 6.20 Å². The van der Waals surface area contributed by atoms with Crippen LogP contribution in [-0.4, -0.2) is 29.0 Å². The van der Waals surface area contributed by atoms with Crippen LogP contribution < -0.4 is 15.4 Å². The van der Waals surface area contributed by atoms with E-state index in [1.54, 1.807) is 13.2 Å². The van der Waals surface area contributed by atoms with Crippen molar-refractivity contribution in [3.63, 3.8) is 0 Å². The molecule has 2 N–H and O–H groups in total. The third-order valence-corrected chi connectivity index (χ3v) is 3.19. The number of rotatable bonds is 5. The molecule has 2 rings (SSSR count). The van der Waals surface area contributed by atoms with Gasteiger partial charge >= 0.3 is 0 Å². The maximum Gasteiger partial charge on any atom is 0.172 e. The lowest BCUT2D eigenvalue weighted by Gasteiger charge is -2.11. The quantitative estimate of drug-likeness (QED) is 0.816. The average Bonchev–Trinajstić information content (AvgIpc) is 2.55. The molecule has 0 aliphatic rings. The van der Waals surface area contributed by atoms with Gasteiger partial charge in [0.25, 0.3) is 0 Å². The van der Waals surface area contributed by atoms with Gasteiger partial charge in [0.15, 0.2) is 10.9 Å². The van der Waals surface area contributed by atoms with Crippen LogP contribution in [0.25, 0.3) is 0 Å². The second-order valence-electron chi connectivity index (χ2n) is 4.35. The van der Waals surface area contributed by atoms with Gasteiger partial charge in [-0.25, -0.2) is 0 Å². The number of hydrogen-bond donors (Lipinski definition) is 2. The van der Waals surface area contributed by atoms with E-state index in [1.807, 2.05) is 30.3 Å². The molecule has 0 atom stereocenters. The first-order valence-corrected chi connectivity index (χ1v) is 7.04. The Bertz CT molecular complexity index is 698. The molecule has 112 valence electrons. The summed E-state index contributed by atoms with van der Waals surface area (Å²) in [5, 5.41) is 22.9. The predicted octanol–water partition coefficient (Wildman–Crippen LogP) is 1.89. The molecule has 1 aromatic heterocycles. The van der Waals surface area contributed by atoms with Crippen LogP contribution in [0.5, 0.6) is 5.75 Å². The van der Waals surface area contributed by atoms with Crippen LogP contribution in [-0.2, 0) is 6.42 Å². The number of nitriles is 1. The van der Waals surface area contributed by atoms with E-state index in [2.05, 4.69) is 20.8 Å². The van der Waals surface area contributed by atoms with Gasteiger partial charge in [0.1, 0.15) is 11.8 Å². The molecule has 0 aliphatic heterocycles. The summed E-state index contributed by atoms with van der Waals surface area (Å²) in [6.45, 7) is 0.633. The van der Waals surface area contributed by atoms with E-state index < -0.39 is 0 Å². The highest BCUT2D eigenvalue weighted by Gasteiger charge is 2.06. The SMILES string of the molecule is COc1ccccc1CCNC(=S)Nc1nnccc1C#N. The van der Waals surface area contributed by atoms with Gasteiger partial charge in [-0.05, 0) is 36.3 Å². The lowest BCUT2D eigenvalue weighted by molar-refractivity contribution is 0.409. The molecule has 2 aromatic rings. The molecule has 0 unspecified atom stereocenters. The van der Waals surface area contributed by atoms with Crippen molar-refractivity contribution in [3.8, 4) is 11.8 Å². The number of anilines is 1. The summed E-state index contributed by atoms with van der Waals surface area (Å²) in [6.07, 6.45) is 2.22. The third kappa shape index (κ3) is 4.14. The van der Waals surface area contributed by atoms with Crippen LogP contribution in [0.1, 0.15) is 11.1 Å². The van der Waals surface area contributed by atoms with E-state index in [-0.39, 0.29) is 0 Å². The van der Waals surface area contributed by atoms with Crippen LogP contribution in [0.4, 0.5) is 5.82 Å². The van der Waals surface area contributed by atoms with Crippen LogP contribution >= 0.6 is 12.2 Å². The van der Waals surface area contributed by atoms with Crippen molar-refractivity contribution in [3.05, 3.63) is 47.7 Å². The van der Waals surface area contributed by atoms with Gasteiger partial charge in [0.05, 0.1) is 18.9 Å².